The Morgan fingerprint density at radius 2 is 1.21 bits per heavy atom. The van der Waals surface area contributed by atoms with Gasteiger partial charge >= 0.3 is 0 Å². The maximum atomic E-state index is 13.1. The second-order valence-electron chi connectivity index (χ2n) is 13.0. The van der Waals surface area contributed by atoms with Crippen molar-refractivity contribution in [3.63, 3.8) is 0 Å². The second kappa shape index (κ2) is 19.0. The fourth-order valence-corrected chi connectivity index (χ4v) is 6.54. The highest BCUT2D eigenvalue weighted by atomic mass is 16.5. The fourth-order valence-electron chi connectivity index (χ4n) is 6.54. The van der Waals surface area contributed by atoms with Crippen LogP contribution in [0.3, 0.4) is 0 Å². The van der Waals surface area contributed by atoms with E-state index >= 15 is 0 Å². The first-order chi connectivity index (χ1) is 25.8. The molecule has 0 unspecified atom stereocenters. The number of piperazine rings is 1. The van der Waals surface area contributed by atoms with Crippen molar-refractivity contribution in [2.45, 2.75) is 25.5 Å². The number of anilines is 4. The van der Waals surface area contributed by atoms with Gasteiger partial charge < -0.3 is 57.7 Å². The van der Waals surface area contributed by atoms with E-state index in [-0.39, 0.29) is 18.6 Å². The summed E-state index contributed by atoms with van der Waals surface area (Å²) in [6, 6.07) is 3.84. The van der Waals surface area contributed by atoms with Gasteiger partial charge in [-0.15, -0.1) is 0 Å². The van der Waals surface area contributed by atoms with Gasteiger partial charge in [0.2, 0.25) is 23.6 Å². The smallest absolute Gasteiger partial charge is 0.241 e. The molecule has 2 aromatic heterocycles. The van der Waals surface area contributed by atoms with Crippen LogP contribution in [-0.4, -0.2) is 166 Å². The molecule has 4 heterocycles. The Morgan fingerprint density at radius 1 is 0.679 bits per heavy atom. The van der Waals surface area contributed by atoms with Crippen LogP contribution in [0.2, 0.25) is 0 Å². The number of benzene rings is 1. The Hall–Kier alpha value is -4.45. The van der Waals surface area contributed by atoms with Gasteiger partial charge in [-0.3, -0.25) is 4.79 Å². The number of carbonyl (C=O) groups excluding carboxylic acids is 1. The molecule has 0 radical (unpaired) electrons. The zero-order valence-electron chi connectivity index (χ0n) is 32.4. The van der Waals surface area contributed by atoms with Crippen LogP contribution in [0.5, 0.6) is 17.2 Å². The van der Waals surface area contributed by atoms with E-state index in [1.54, 1.807) is 54.7 Å². The maximum absolute atomic E-state index is 13.1. The molecule has 2 aliphatic heterocycles. The lowest BCUT2D eigenvalue weighted by molar-refractivity contribution is -0.129. The van der Waals surface area contributed by atoms with Crippen LogP contribution in [0.4, 0.5) is 23.5 Å². The van der Waals surface area contributed by atoms with E-state index in [9.17, 15) is 4.79 Å². The van der Waals surface area contributed by atoms with E-state index in [0.29, 0.717) is 124 Å². The van der Waals surface area contributed by atoms with Gasteiger partial charge in [0.25, 0.3) is 0 Å². The molecule has 0 aliphatic carbocycles. The standard InChI is InChI=1S/C36H55N9O8/c1-41-13-14-44(24-29(41)46)34-31-30(37-35(40-34)43(15-18-47-2)16-19-48-3)33(42-11-9-26(50-5)10-12-42)39-36(38-31)45(17-20-49-4)23-25-21-27(51-6)32(53-8)28(22-25)52-7/h21-22,26H,9-20,23-24H2,1-8H3. The second-order valence-corrected chi connectivity index (χ2v) is 13.0. The average molecular weight is 742 g/mol. The first-order valence-corrected chi connectivity index (χ1v) is 17.9. The summed E-state index contributed by atoms with van der Waals surface area (Å²) in [7, 11) is 13.4. The number of piperidine rings is 1. The third kappa shape index (κ3) is 9.38. The van der Waals surface area contributed by atoms with E-state index in [1.165, 1.54) is 0 Å². The van der Waals surface area contributed by atoms with Gasteiger partial charge in [0.15, 0.2) is 23.1 Å². The zero-order chi connectivity index (χ0) is 37.9. The highest BCUT2D eigenvalue weighted by Gasteiger charge is 2.31. The predicted octanol–water partition coefficient (Wildman–Crippen LogP) is 2.09. The minimum Gasteiger partial charge on any atom is -0.493 e. The molecule has 5 rings (SSSR count). The summed E-state index contributed by atoms with van der Waals surface area (Å²) in [5, 5.41) is 0. The van der Waals surface area contributed by atoms with Crippen molar-refractivity contribution in [2.75, 3.05) is 149 Å². The molecule has 53 heavy (non-hydrogen) atoms. The summed E-state index contributed by atoms with van der Waals surface area (Å²) in [5.74, 6) is 3.83. The molecule has 292 valence electrons. The van der Waals surface area contributed by atoms with E-state index in [4.69, 9.17) is 53.1 Å². The molecule has 1 amide bonds. The third-order valence-electron chi connectivity index (χ3n) is 9.67. The number of hydrogen-bond donors (Lipinski definition) is 0. The average Bonchev–Trinajstić information content (AvgIpc) is 3.19. The molecule has 2 aliphatic rings. The van der Waals surface area contributed by atoms with E-state index in [2.05, 4.69) is 9.80 Å². The van der Waals surface area contributed by atoms with E-state index in [1.807, 2.05) is 29.0 Å². The number of likely N-dealkylation sites (N-methyl/N-ethyl adjacent to an activating group) is 1. The lowest BCUT2D eigenvalue weighted by Gasteiger charge is -2.35. The lowest BCUT2D eigenvalue weighted by atomic mass is 10.1. The number of hydrogen-bond acceptors (Lipinski definition) is 16. The van der Waals surface area contributed by atoms with Gasteiger partial charge in [-0.25, -0.2) is 9.97 Å². The molecular weight excluding hydrogens is 686 g/mol. The topological polar surface area (TPSA) is 149 Å². The normalized spacial score (nSPS) is 15.3. The van der Waals surface area contributed by atoms with Crippen LogP contribution in [0.15, 0.2) is 12.1 Å². The third-order valence-corrected chi connectivity index (χ3v) is 9.67. The van der Waals surface area contributed by atoms with Crippen molar-refractivity contribution in [1.82, 2.24) is 24.8 Å². The molecule has 0 atom stereocenters. The molecule has 0 N–H and O–H groups in total. The summed E-state index contributed by atoms with van der Waals surface area (Å²) in [5.41, 5.74) is 2.06. The quantitative estimate of drug-likeness (QED) is 0.176. The summed E-state index contributed by atoms with van der Waals surface area (Å²) in [6.07, 6.45) is 1.83. The molecule has 17 nitrogen and oxygen atoms in total. The number of methoxy groups -OCH3 is 7. The van der Waals surface area contributed by atoms with Crippen LogP contribution in [0, 0.1) is 0 Å². The Morgan fingerprint density at radius 3 is 1.70 bits per heavy atom. The Labute approximate surface area is 312 Å². The molecule has 17 heteroatoms. The fraction of sp³-hybridized carbons (Fsp3) is 0.639. The van der Waals surface area contributed by atoms with Crippen molar-refractivity contribution >= 4 is 40.5 Å². The molecule has 3 aromatic rings. The number of ether oxygens (including phenoxy) is 7. The molecule has 2 fully saturated rings. The minimum atomic E-state index is 0.000414. The SMILES string of the molecule is COCCN(CCOC)c1nc(N2CCN(C)C(=O)C2)c2nc(N(CCOC)Cc3cc(OC)c(OC)c(OC)c3)nc(N3CCC(OC)CC3)c2n1. The Balaban J connectivity index is 1.72. The number of aromatic nitrogens is 4. The maximum Gasteiger partial charge on any atom is 0.241 e. The minimum absolute atomic E-state index is 0.000414. The highest BCUT2D eigenvalue weighted by Crippen LogP contribution is 2.39. The van der Waals surface area contributed by atoms with Gasteiger partial charge in [0.05, 0.1) is 53.8 Å². The van der Waals surface area contributed by atoms with Crippen molar-refractivity contribution in [2.24, 2.45) is 0 Å². The summed E-state index contributed by atoms with van der Waals surface area (Å²) < 4.78 is 39.1. The van der Waals surface area contributed by atoms with Crippen molar-refractivity contribution in [1.29, 1.82) is 0 Å². The van der Waals surface area contributed by atoms with E-state index in [0.717, 1.165) is 18.4 Å². The highest BCUT2D eigenvalue weighted by molar-refractivity contribution is 5.96. The van der Waals surface area contributed by atoms with Gasteiger partial charge in [-0.05, 0) is 30.5 Å². The van der Waals surface area contributed by atoms with Gasteiger partial charge in [-0.1, -0.05) is 0 Å². The Bertz CT molecular complexity index is 1630. The molecular formula is C36H55N9O8. The van der Waals surface area contributed by atoms with Gasteiger partial charge in [-0.2, -0.15) is 9.97 Å². The first kappa shape index (κ1) is 39.8. The van der Waals surface area contributed by atoms with Crippen LogP contribution in [0.1, 0.15) is 18.4 Å². The first-order valence-electron chi connectivity index (χ1n) is 17.9. The van der Waals surface area contributed by atoms with Crippen molar-refractivity contribution in [3.8, 4) is 17.2 Å². The van der Waals surface area contributed by atoms with Crippen molar-refractivity contribution in [3.05, 3.63) is 17.7 Å². The molecule has 0 spiro atoms. The summed E-state index contributed by atoms with van der Waals surface area (Å²) >= 11 is 0. The molecule has 0 bridgehead atoms. The number of nitrogens with zero attached hydrogens (tertiary/aromatic N) is 9. The van der Waals surface area contributed by atoms with Crippen LogP contribution in [0.25, 0.3) is 11.0 Å². The number of amides is 1. The van der Waals surface area contributed by atoms with E-state index < -0.39 is 0 Å². The van der Waals surface area contributed by atoms with Crippen LogP contribution >= 0.6 is 0 Å². The number of fused-ring (bicyclic) bond motifs is 1. The zero-order valence-corrected chi connectivity index (χ0v) is 32.4. The Kier molecular flexibility index (Phi) is 14.3. The number of rotatable bonds is 19. The predicted molar refractivity (Wildman–Crippen MR) is 202 cm³/mol. The lowest BCUT2D eigenvalue weighted by Crippen LogP contribution is -2.49. The van der Waals surface area contributed by atoms with Crippen LogP contribution in [-0.2, 0) is 30.3 Å². The number of carbonyl (C=O) groups is 1. The van der Waals surface area contributed by atoms with Gasteiger partial charge in [0, 0.05) is 87.8 Å². The van der Waals surface area contributed by atoms with Crippen LogP contribution < -0.4 is 33.8 Å². The summed E-state index contributed by atoms with van der Waals surface area (Å²) in [4.78, 5) is 44.1. The molecule has 1 aromatic carbocycles. The molecule has 0 saturated carbocycles. The monoisotopic (exact) mass is 741 g/mol. The van der Waals surface area contributed by atoms with Crippen molar-refractivity contribution < 1.29 is 38.0 Å². The summed E-state index contributed by atoms with van der Waals surface area (Å²) in [6.45, 7) is 6.04. The van der Waals surface area contributed by atoms with Gasteiger partial charge in [0.1, 0.15) is 11.0 Å². The molecule has 2 saturated heterocycles. The largest absolute Gasteiger partial charge is 0.493 e.